The zero-order valence-electron chi connectivity index (χ0n) is 35.2. The number of carbonyl (C=O) groups is 2. The van der Waals surface area contributed by atoms with E-state index in [4.69, 9.17) is 19.1 Å². The fourth-order valence-corrected chi connectivity index (χ4v) is 6.89. The number of unbranched alkanes of at least 4 members (excludes halogenated alkanes) is 24. The molecule has 0 aromatic carbocycles. The lowest BCUT2D eigenvalue weighted by Gasteiger charge is -2.20. The fraction of sp³-hybridized carbons (Fsp3) is 0.864. The van der Waals surface area contributed by atoms with Crippen LogP contribution in [0.15, 0.2) is 24.3 Å². The first-order valence-corrected chi connectivity index (χ1v) is 23.8. The van der Waals surface area contributed by atoms with Crippen LogP contribution in [0.2, 0.25) is 0 Å². The summed E-state index contributed by atoms with van der Waals surface area (Å²) in [6.45, 7) is 2.36. The first-order chi connectivity index (χ1) is 26.7. The van der Waals surface area contributed by atoms with Crippen LogP contribution in [0.3, 0.4) is 0 Å². The van der Waals surface area contributed by atoms with Crippen molar-refractivity contribution in [1.82, 2.24) is 0 Å². The number of esters is 2. The molecular formula is C44H83O10P. The van der Waals surface area contributed by atoms with Crippen LogP contribution in [0.25, 0.3) is 0 Å². The van der Waals surface area contributed by atoms with Gasteiger partial charge in [0.05, 0.1) is 19.8 Å². The molecule has 0 saturated heterocycles. The normalized spacial score (nSPS) is 14.1. The van der Waals surface area contributed by atoms with Crippen LogP contribution in [0, 0.1) is 0 Å². The molecule has 0 heterocycles. The highest BCUT2D eigenvalue weighted by atomic mass is 31.2. The molecule has 0 aliphatic rings. The predicted molar refractivity (Wildman–Crippen MR) is 224 cm³/mol. The first kappa shape index (κ1) is 53.5. The summed E-state index contributed by atoms with van der Waals surface area (Å²) in [5, 5.41) is 18.3. The van der Waals surface area contributed by atoms with Gasteiger partial charge in [0, 0.05) is 12.8 Å². The highest BCUT2D eigenvalue weighted by molar-refractivity contribution is 7.47. The van der Waals surface area contributed by atoms with Crippen molar-refractivity contribution in [3.05, 3.63) is 24.3 Å². The van der Waals surface area contributed by atoms with Crippen LogP contribution in [0.4, 0.5) is 0 Å². The summed E-state index contributed by atoms with van der Waals surface area (Å²) < 4.78 is 32.7. The van der Waals surface area contributed by atoms with Crippen molar-refractivity contribution in [3.63, 3.8) is 0 Å². The van der Waals surface area contributed by atoms with Crippen LogP contribution in [-0.4, -0.2) is 65.7 Å². The van der Waals surface area contributed by atoms with E-state index in [2.05, 4.69) is 42.7 Å². The summed E-state index contributed by atoms with van der Waals surface area (Å²) in [4.78, 5) is 35.0. The van der Waals surface area contributed by atoms with E-state index in [1.807, 2.05) is 0 Å². The van der Waals surface area contributed by atoms with Gasteiger partial charge >= 0.3 is 19.8 Å². The molecule has 0 saturated carbocycles. The second-order valence-electron chi connectivity index (χ2n) is 15.1. The van der Waals surface area contributed by atoms with Crippen LogP contribution in [0.5, 0.6) is 0 Å². The Labute approximate surface area is 336 Å². The number of aliphatic hydroxyl groups excluding tert-OH is 2. The van der Waals surface area contributed by atoms with Crippen molar-refractivity contribution in [2.24, 2.45) is 0 Å². The number of phosphoric acid groups is 1. The Bertz CT molecular complexity index is 972. The lowest BCUT2D eigenvalue weighted by atomic mass is 10.1. The molecule has 0 aliphatic heterocycles. The zero-order valence-corrected chi connectivity index (χ0v) is 36.0. The average Bonchev–Trinajstić information content (AvgIpc) is 3.17. The number of aliphatic hydroxyl groups is 2. The molecule has 0 fully saturated rings. The van der Waals surface area contributed by atoms with E-state index in [0.29, 0.717) is 12.8 Å². The van der Waals surface area contributed by atoms with E-state index in [1.165, 1.54) is 103 Å². The first-order valence-electron chi connectivity index (χ1n) is 22.3. The van der Waals surface area contributed by atoms with Gasteiger partial charge in [-0.15, -0.1) is 0 Å². The number of hydrogen-bond donors (Lipinski definition) is 3. The summed E-state index contributed by atoms with van der Waals surface area (Å²) >= 11 is 0. The third-order valence-electron chi connectivity index (χ3n) is 9.58. The molecule has 3 atom stereocenters. The van der Waals surface area contributed by atoms with E-state index < -0.39 is 51.8 Å². The Balaban J connectivity index is 4.25. The van der Waals surface area contributed by atoms with E-state index >= 15 is 0 Å². The molecule has 0 aromatic heterocycles. The standard InChI is InChI=1S/C44H83O10P/c1-3-5-7-9-11-13-15-17-18-19-20-21-22-24-25-27-29-31-33-35-43(47)51-39-42(40-53-55(49,50)52-38-41(46)37-45)54-44(48)36-34-32-30-28-26-23-16-14-12-10-8-6-4-2/h14,16,19-20,41-42,45-46H,3-13,15,17-18,21-40H2,1-2H3,(H,49,50)/b16-14-,20-19-/t41-,42+/m0/s1. The minimum absolute atomic E-state index is 0.175. The monoisotopic (exact) mass is 803 g/mol. The van der Waals surface area contributed by atoms with Gasteiger partial charge in [0.15, 0.2) is 6.10 Å². The Morgan fingerprint density at radius 2 is 0.891 bits per heavy atom. The van der Waals surface area contributed by atoms with Gasteiger partial charge in [0.1, 0.15) is 12.7 Å². The van der Waals surface area contributed by atoms with Crippen LogP contribution >= 0.6 is 7.82 Å². The van der Waals surface area contributed by atoms with Crippen molar-refractivity contribution in [2.75, 3.05) is 26.4 Å². The second-order valence-corrected chi connectivity index (χ2v) is 16.5. The number of ether oxygens (including phenoxy) is 2. The Morgan fingerprint density at radius 3 is 1.33 bits per heavy atom. The van der Waals surface area contributed by atoms with E-state index in [1.54, 1.807) is 0 Å². The summed E-state index contributed by atoms with van der Waals surface area (Å²) in [6, 6.07) is 0. The molecule has 0 spiro atoms. The summed E-state index contributed by atoms with van der Waals surface area (Å²) in [5.74, 6) is -0.935. The van der Waals surface area contributed by atoms with Crippen LogP contribution in [0.1, 0.15) is 206 Å². The number of carbonyl (C=O) groups excluding carboxylic acids is 2. The zero-order chi connectivity index (χ0) is 40.5. The third kappa shape index (κ3) is 40.4. The Hall–Kier alpha value is -1.55. The van der Waals surface area contributed by atoms with Gasteiger partial charge in [-0.05, 0) is 64.2 Å². The van der Waals surface area contributed by atoms with Crippen molar-refractivity contribution >= 4 is 19.8 Å². The highest BCUT2D eigenvalue weighted by Crippen LogP contribution is 2.43. The second kappa shape index (κ2) is 40.6. The smallest absolute Gasteiger partial charge is 0.462 e. The van der Waals surface area contributed by atoms with Crippen molar-refractivity contribution in [2.45, 2.75) is 219 Å². The molecular weight excluding hydrogens is 719 g/mol. The lowest BCUT2D eigenvalue weighted by molar-refractivity contribution is -0.161. The molecule has 55 heavy (non-hydrogen) atoms. The van der Waals surface area contributed by atoms with E-state index in [-0.39, 0.29) is 19.4 Å². The fourth-order valence-electron chi connectivity index (χ4n) is 6.10. The molecule has 3 N–H and O–H groups in total. The number of hydrogen-bond acceptors (Lipinski definition) is 9. The predicted octanol–water partition coefficient (Wildman–Crippen LogP) is 11.8. The third-order valence-corrected chi connectivity index (χ3v) is 10.5. The molecule has 0 bridgehead atoms. The van der Waals surface area contributed by atoms with Crippen molar-refractivity contribution < 1.29 is 47.8 Å². The largest absolute Gasteiger partial charge is 0.472 e. The van der Waals surface area contributed by atoms with Gasteiger partial charge in [-0.3, -0.25) is 18.6 Å². The Kier molecular flexibility index (Phi) is 39.5. The number of allylic oxidation sites excluding steroid dienone is 4. The van der Waals surface area contributed by atoms with Gasteiger partial charge in [-0.1, -0.05) is 154 Å². The molecule has 0 amide bonds. The van der Waals surface area contributed by atoms with Crippen LogP contribution < -0.4 is 0 Å². The maximum absolute atomic E-state index is 12.6. The maximum Gasteiger partial charge on any atom is 0.472 e. The van der Waals surface area contributed by atoms with Gasteiger partial charge in [-0.25, -0.2) is 4.57 Å². The summed E-state index contributed by atoms with van der Waals surface area (Å²) in [6.07, 6.45) is 40.0. The van der Waals surface area contributed by atoms with E-state index in [9.17, 15) is 24.2 Å². The van der Waals surface area contributed by atoms with Gasteiger partial charge < -0.3 is 24.6 Å². The molecule has 0 rings (SSSR count). The lowest BCUT2D eigenvalue weighted by Crippen LogP contribution is -2.29. The number of rotatable bonds is 42. The molecule has 0 aliphatic carbocycles. The summed E-state index contributed by atoms with van der Waals surface area (Å²) in [5.41, 5.74) is 0. The topological polar surface area (TPSA) is 149 Å². The SMILES string of the molecule is CCCCCC/C=C\CCCCCCCC(=O)O[C@H](COC(=O)CCCCCCCCC/C=C\CCCCCCCCCC)COP(=O)(O)OC[C@@H](O)CO. The van der Waals surface area contributed by atoms with Gasteiger partial charge in [0.25, 0.3) is 0 Å². The maximum atomic E-state index is 12.6. The molecule has 0 radical (unpaired) electrons. The molecule has 11 heteroatoms. The quantitative estimate of drug-likeness (QED) is 0.0236. The summed E-state index contributed by atoms with van der Waals surface area (Å²) in [7, 11) is -4.62. The van der Waals surface area contributed by atoms with Crippen molar-refractivity contribution in [1.29, 1.82) is 0 Å². The Morgan fingerprint density at radius 1 is 0.527 bits per heavy atom. The van der Waals surface area contributed by atoms with E-state index in [0.717, 1.165) is 64.2 Å². The highest BCUT2D eigenvalue weighted by Gasteiger charge is 2.27. The molecule has 1 unspecified atom stereocenters. The average molecular weight is 803 g/mol. The van der Waals surface area contributed by atoms with Gasteiger partial charge in [-0.2, -0.15) is 0 Å². The van der Waals surface area contributed by atoms with Crippen LogP contribution in [-0.2, 0) is 32.7 Å². The molecule has 324 valence electrons. The molecule has 10 nitrogen and oxygen atoms in total. The number of phosphoric ester groups is 1. The minimum Gasteiger partial charge on any atom is -0.462 e. The van der Waals surface area contributed by atoms with Gasteiger partial charge in [0.2, 0.25) is 0 Å². The molecule has 0 aromatic rings. The minimum atomic E-state index is -4.62. The van der Waals surface area contributed by atoms with Crippen molar-refractivity contribution in [3.8, 4) is 0 Å².